The number of nitrogens with zero attached hydrogens (tertiary/aromatic N) is 4. The van der Waals surface area contributed by atoms with Crippen molar-refractivity contribution < 1.29 is 0 Å². The molecule has 3 heterocycles. The summed E-state index contributed by atoms with van der Waals surface area (Å²) in [4.78, 5) is 10.7. The Morgan fingerprint density at radius 3 is 2.31 bits per heavy atom. The van der Waals surface area contributed by atoms with Gasteiger partial charge in [0.2, 0.25) is 0 Å². The highest BCUT2D eigenvalue weighted by Crippen LogP contribution is 2.32. The predicted molar refractivity (Wildman–Crippen MR) is 185 cm³/mol. The van der Waals surface area contributed by atoms with E-state index in [2.05, 4.69) is 82.9 Å². The highest BCUT2D eigenvalue weighted by molar-refractivity contribution is 7.80. The van der Waals surface area contributed by atoms with Gasteiger partial charge in [-0.15, -0.1) is 0 Å². The molecule has 0 radical (unpaired) electrons. The molecule has 234 valence electrons. The number of hydrogen-bond donors (Lipinski definition) is 1. The fraction of sp³-hybridized carbons (Fsp3) is 0.771. The molecule has 4 aliphatic rings. The van der Waals surface area contributed by atoms with E-state index in [-0.39, 0.29) is 0 Å². The molecule has 1 N–H and O–H groups in total. The molecule has 1 aromatic carbocycles. The summed E-state index contributed by atoms with van der Waals surface area (Å²) in [5.74, 6) is 2.17. The largest absolute Gasteiger partial charge is 0.360 e. The average molecular weight is 612 g/mol. The third-order valence-electron chi connectivity index (χ3n) is 10.3. The van der Waals surface area contributed by atoms with E-state index in [4.69, 9.17) is 24.4 Å². The number of hydrogen-bond acceptors (Lipinski definition) is 3. The molecule has 0 aromatic heterocycles. The molecule has 0 bridgehead atoms. The molecule has 3 saturated heterocycles. The molecular formula is C35H57N5S2. The van der Waals surface area contributed by atoms with Gasteiger partial charge in [-0.3, -0.25) is 4.90 Å². The molecule has 3 aliphatic heterocycles. The van der Waals surface area contributed by atoms with Crippen molar-refractivity contribution in [1.82, 2.24) is 24.9 Å². The maximum atomic E-state index is 6.37. The number of rotatable bonds is 13. The van der Waals surface area contributed by atoms with Gasteiger partial charge in [-0.05, 0) is 99.2 Å². The van der Waals surface area contributed by atoms with Gasteiger partial charge in [-0.25, -0.2) is 0 Å². The molecule has 7 heteroatoms. The molecule has 1 saturated carbocycles. The van der Waals surface area contributed by atoms with Gasteiger partial charge in [0, 0.05) is 50.8 Å². The smallest absolute Gasteiger partial charge is 0.172 e. The van der Waals surface area contributed by atoms with Gasteiger partial charge in [-0.2, -0.15) is 0 Å². The molecule has 0 spiro atoms. The highest BCUT2D eigenvalue weighted by Gasteiger charge is 2.41. The van der Waals surface area contributed by atoms with E-state index in [0.717, 1.165) is 48.7 Å². The summed E-state index contributed by atoms with van der Waals surface area (Å²) < 4.78 is 0. The Morgan fingerprint density at radius 2 is 1.60 bits per heavy atom. The molecule has 1 unspecified atom stereocenters. The predicted octanol–water partition coefficient (Wildman–Crippen LogP) is 6.56. The van der Waals surface area contributed by atoms with Crippen molar-refractivity contribution in [3.05, 3.63) is 35.9 Å². The van der Waals surface area contributed by atoms with Gasteiger partial charge in [0.15, 0.2) is 10.2 Å². The summed E-state index contributed by atoms with van der Waals surface area (Å²) >= 11 is 12.2. The molecule has 1 aliphatic carbocycles. The lowest BCUT2D eigenvalue weighted by molar-refractivity contribution is 0.148. The van der Waals surface area contributed by atoms with Crippen LogP contribution in [-0.4, -0.2) is 93.3 Å². The second-order valence-electron chi connectivity index (χ2n) is 14.6. The van der Waals surface area contributed by atoms with Crippen molar-refractivity contribution in [3.8, 4) is 0 Å². The zero-order valence-corrected chi connectivity index (χ0v) is 28.5. The second-order valence-corrected chi connectivity index (χ2v) is 15.4. The summed E-state index contributed by atoms with van der Waals surface area (Å²) in [5.41, 5.74) is 1.40. The van der Waals surface area contributed by atoms with Crippen molar-refractivity contribution in [2.24, 2.45) is 17.8 Å². The van der Waals surface area contributed by atoms with Crippen molar-refractivity contribution >= 4 is 34.7 Å². The van der Waals surface area contributed by atoms with E-state index in [1.807, 2.05) is 0 Å². The SMILES string of the molecule is CC(C)C[C@H]1CN([C@@H](CC(C)C)CN2CCCC2CN2C(=S)NC[C@@H]2Cc2ccccc2)C(=S)N1CC1CCCCC1. The second kappa shape index (κ2) is 15.0. The van der Waals surface area contributed by atoms with Crippen molar-refractivity contribution in [2.75, 3.05) is 39.3 Å². The van der Waals surface area contributed by atoms with E-state index in [1.54, 1.807) is 0 Å². The fourth-order valence-corrected chi connectivity index (χ4v) is 8.97. The van der Waals surface area contributed by atoms with Crippen LogP contribution in [0, 0.1) is 17.8 Å². The highest BCUT2D eigenvalue weighted by atomic mass is 32.1. The van der Waals surface area contributed by atoms with E-state index in [1.165, 1.54) is 76.4 Å². The molecule has 4 fully saturated rings. The van der Waals surface area contributed by atoms with Crippen molar-refractivity contribution in [3.63, 3.8) is 0 Å². The topological polar surface area (TPSA) is 25.0 Å². The van der Waals surface area contributed by atoms with E-state index in [9.17, 15) is 0 Å². The van der Waals surface area contributed by atoms with E-state index in [0.29, 0.717) is 36.0 Å². The van der Waals surface area contributed by atoms with Crippen LogP contribution in [0.25, 0.3) is 0 Å². The molecular weight excluding hydrogens is 555 g/mol. The van der Waals surface area contributed by atoms with Crippen LogP contribution in [0.15, 0.2) is 30.3 Å². The van der Waals surface area contributed by atoms with Gasteiger partial charge < -0.3 is 20.0 Å². The van der Waals surface area contributed by atoms with Crippen molar-refractivity contribution in [1.29, 1.82) is 0 Å². The van der Waals surface area contributed by atoms with Gasteiger partial charge in [-0.1, -0.05) is 77.3 Å². The minimum absolute atomic E-state index is 0.435. The van der Waals surface area contributed by atoms with Crippen LogP contribution in [0.5, 0.6) is 0 Å². The summed E-state index contributed by atoms with van der Waals surface area (Å²) in [5, 5.41) is 5.61. The molecule has 42 heavy (non-hydrogen) atoms. The first kappa shape index (κ1) is 32.0. The quantitative estimate of drug-likeness (QED) is 0.252. The maximum absolute atomic E-state index is 6.37. The fourth-order valence-electron chi connectivity index (χ4n) is 8.22. The average Bonchev–Trinajstić information content (AvgIpc) is 3.63. The maximum Gasteiger partial charge on any atom is 0.172 e. The zero-order valence-electron chi connectivity index (χ0n) is 26.8. The minimum Gasteiger partial charge on any atom is -0.360 e. The van der Waals surface area contributed by atoms with Crippen LogP contribution in [-0.2, 0) is 6.42 Å². The minimum atomic E-state index is 0.435. The first-order valence-corrected chi connectivity index (χ1v) is 18.0. The van der Waals surface area contributed by atoms with Crippen LogP contribution in [0.4, 0.5) is 0 Å². The summed E-state index contributed by atoms with van der Waals surface area (Å²) in [6.45, 7) is 16.1. The normalized spacial score (nSPS) is 26.7. The van der Waals surface area contributed by atoms with Gasteiger partial charge in [0.05, 0.1) is 6.04 Å². The molecule has 5 nitrogen and oxygen atoms in total. The first-order valence-electron chi connectivity index (χ1n) is 17.2. The molecule has 1 aromatic rings. The Balaban J connectivity index is 1.27. The summed E-state index contributed by atoms with van der Waals surface area (Å²) in [6, 6.07) is 12.9. The third-order valence-corrected chi connectivity index (χ3v) is 11.2. The Hall–Kier alpha value is -1.44. The van der Waals surface area contributed by atoms with Gasteiger partial charge >= 0.3 is 0 Å². The van der Waals surface area contributed by atoms with Crippen molar-refractivity contribution in [2.45, 2.75) is 116 Å². The lowest BCUT2D eigenvalue weighted by Crippen LogP contribution is -2.51. The standard InChI is InChI=1S/C35H57N5S2/c1-26(2)18-32(40-25-33(19-27(3)4)39(35(40)42)22-29-14-9-6-10-15-29)23-37-17-11-16-30(37)24-38-31(21-36-34(38)41)20-28-12-7-5-8-13-28/h5,7-8,12-13,26-27,29-33H,6,9-11,14-25H2,1-4H3,(H,36,41)/t30?,31-,32-,33-/m0/s1. The zero-order chi connectivity index (χ0) is 29.6. The van der Waals surface area contributed by atoms with E-state index < -0.39 is 0 Å². The van der Waals surface area contributed by atoms with E-state index >= 15 is 0 Å². The third kappa shape index (κ3) is 8.18. The number of benzene rings is 1. The molecule has 0 amide bonds. The van der Waals surface area contributed by atoms with Gasteiger partial charge in [0.1, 0.15) is 0 Å². The Labute approximate surface area is 267 Å². The van der Waals surface area contributed by atoms with Gasteiger partial charge in [0.25, 0.3) is 0 Å². The monoisotopic (exact) mass is 611 g/mol. The lowest BCUT2D eigenvalue weighted by Gasteiger charge is -2.38. The summed E-state index contributed by atoms with van der Waals surface area (Å²) in [7, 11) is 0. The Kier molecular flexibility index (Phi) is 11.4. The van der Waals surface area contributed by atoms with Crippen LogP contribution in [0.3, 0.4) is 0 Å². The number of nitrogens with one attached hydrogen (secondary N) is 1. The molecule has 5 rings (SSSR count). The molecule has 4 atom stereocenters. The Morgan fingerprint density at radius 1 is 0.833 bits per heavy atom. The lowest BCUT2D eigenvalue weighted by atomic mass is 9.88. The van der Waals surface area contributed by atoms with Crippen LogP contribution < -0.4 is 5.32 Å². The Bertz CT molecular complexity index is 1010. The first-order chi connectivity index (χ1) is 20.3. The van der Waals surface area contributed by atoms with Crippen LogP contribution >= 0.6 is 24.4 Å². The number of thiocarbonyl (C=S) groups is 2. The summed E-state index contributed by atoms with van der Waals surface area (Å²) in [6.07, 6.45) is 13.0. The van der Waals surface area contributed by atoms with Crippen LogP contribution in [0.1, 0.15) is 91.0 Å². The van der Waals surface area contributed by atoms with Crippen LogP contribution in [0.2, 0.25) is 0 Å². The number of likely N-dealkylation sites (tertiary alicyclic amines) is 1.